The molecule has 16 heavy (non-hydrogen) atoms. The Morgan fingerprint density at radius 3 is 2.19 bits per heavy atom. The zero-order valence-corrected chi connectivity index (χ0v) is 10.9. The maximum absolute atomic E-state index is 9.63. The fraction of sp³-hybridized carbons (Fsp3) is 0.857. The summed E-state index contributed by atoms with van der Waals surface area (Å²) in [6, 6.07) is 0. The Labute approximate surface area is 100 Å². The molecule has 0 heterocycles. The van der Waals surface area contributed by atoms with Crippen molar-refractivity contribution in [2.45, 2.75) is 77.4 Å². The molecular formula is C14H28O2. The molecule has 0 aliphatic carbocycles. The van der Waals surface area contributed by atoms with E-state index in [4.69, 9.17) is 0 Å². The van der Waals surface area contributed by atoms with Crippen LogP contribution in [0.25, 0.3) is 0 Å². The normalized spacial score (nSPS) is 15.5. The first kappa shape index (κ1) is 15.7. The zero-order chi connectivity index (χ0) is 12.2. The van der Waals surface area contributed by atoms with Gasteiger partial charge in [-0.3, -0.25) is 0 Å². The van der Waals surface area contributed by atoms with Gasteiger partial charge in [0.2, 0.25) is 0 Å². The summed E-state index contributed by atoms with van der Waals surface area (Å²) in [5, 5.41) is 19.2. The number of hydrogen-bond acceptors (Lipinski definition) is 2. The van der Waals surface area contributed by atoms with Crippen molar-refractivity contribution in [3.63, 3.8) is 0 Å². The molecule has 0 bridgehead atoms. The minimum atomic E-state index is -0.520. The topological polar surface area (TPSA) is 40.5 Å². The minimum Gasteiger partial charge on any atom is -0.390 e. The molecule has 96 valence electrons. The van der Waals surface area contributed by atoms with Gasteiger partial charge in [0, 0.05) is 0 Å². The van der Waals surface area contributed by atoms with Gasteiger partial charge in [0.25, 0.3) is 0 Å². The summed E-state index contributed by atoms with van der Waals surface area (Å²) in [7, 11) is 0. The Bertz CT molecular complexity index is 166. The summed E-state index contributed by atoms with van der Waals surface area (Å²) in [6.07, 6.45) is 11.4. The van der Waals surface area contributed by atoms with Gasteiger partial charge in [-0.25, -0.2) is 0 Å². The van der Waals surface area contributed by atoms with Gasteiger partial charge in [0.1, 0.15) is 0 Å². The molecule has 2 nitrogen and oxygen atoms in total. The van der Waals surface area contributed by atoms with E-state index >= 15 is 0 Å². The Morgan fingerprint density at radius 1 is 0.938 bits per heavy atom. The summed E-state index contributed by atoms with van der Waals surface area (Å²) < 4.78 is 0. The molecule has 2 N–H and O–H groups in total. The van der Waals surface area contributed by atoms with E-state index in [0.717, 1.165) is 32.1 Å². The monoisotopic (exact) mass is 228 g/mol. The largest absolute Gasteiger partial charge is 0.390 e. The third kappa shape index (κ3) is 8.93. The van der Waals surface area contributed by atoms with E-state index in [1.807, 2.05) is 13.8 Å². The van der Waals surface area contributed by atoms with E-state index in [2.05, 4.69) is 12.2 Å². The second-order valence-corrected chi connectivity index (χ2v) is 4.48. The van der Waals surface area contributed by atoms with Crippen molar-refractivity contribution in [2.24, 2.45) is 0 Å². The molecule has 0 aliphatic rings. The lowest BCUT2D eigenvalue weighted by molar-refractivity contribution is 0.00817. The van der Waals surface area contributed by atoms with Crippen LogP contribution in [0.1, 0.15) is 65.2 Å². The van der Waals surface area contributed by atoms with Crippen LogP contribution in [0.15, 0.2) is 12.2 Å². The molecular weight excluding hydrogens is 200 g/mol. The van der Waals surface area contributed by atoms with Crippen LogP contribution in [0.4, 0.5) is 0 Å². The number of unbranched alkanes of at least 4 members (excludes halogenated alkanes) is 4. The summed E-state index contributed by atoms with van der Waals surface area (Å²) in [5.41, 5.74) is 0. The molecule has 0 radical (unpaired) electrons. The summed E-state index contributed by atoms with van der Waals surface area (Å²) in [4.78, 5) is 0. The predicted molar refractivity (Wildman–Crippen MR) is 69.4 cm³/mol. The van der Waals surface area contributed by atoms with Crippen molar-refractivity contribution >= 4 is 0 Å². The molecule has 0 saturated carbocycles. The second kappa shape index (κ2) is 11.2. The number of aliphatic hydroxyl groups excluding tert-OH is 2. The third-order valence-corrected chi connectivity index (χ3v) is 2.88. The molecule has 0 aromatic carbocycles. The zero-order valence-electron chi connectivity index (χ0n) is 10.9. The van der Waals surface area contributed by atoms with E-state index < -0.39 is 12.2 Å². The molecule has 2 unspecified atom stereocenters. The van der Waals surface area contributed by atoms with Crippen LogP contribution in [0.3, 0.4) is 0 Å². The summed E-state index contributed by atoms with van der Waals surface area (Å²) in [5.74, 6) is 0. The van der Waals surface area contributed by atoms with E-state index in [1.54, 1.807) is 0 Å². The average Bonchev–Trinajstić information content (AvgIpc) is 2.28. The van der Waals surface area contributed by atoms with Crippen molar-refractivity contribution in [1.29, 1.82) is 0 Å². The Hall–Kier alpha value is -0.340. The van der Waals surface area contributed by atoms with Gasteiger partial charge in [-0.1, -0.05) is 44.8 Å². The minimum absolute atomic E-state index is 0.518. The fourth-order valence-electron chi connectivity index (χ4n) is 1.82. The highest BCUT2D eigenvalue weighted by Gasteiger charge is 2.13. The van der Waals surface area contributed by atoms with Crippen LogP contribution < -0.4 is 0 Å². The van der Waals surface area contributed by atoms with Crippen molar-refractivity contribution in [1.82, 2.24) is 0 Å². The van der Waals surface area contributed by atoms with Crippen LogP contribution in [-0.4, -0.2) is 22.4 Å². The molecule has 0 rings (SSSR count). The smallest absolute Gasteiger partial charge is 0.0799 e. The highest BCUT2D eigenvalue weighted by Crippen LogP contribution is 2.12. The molecule has 0 amide bonds. The van der Waals surface area contributed by atoms with Crippen molar-refractivity contribution in [3.8, 4) is 0 Å². The van der Waals surface area contributed by atoms with Gasteiger partial charge in [-0.15, -0.1) is 0 Å². The van der Waals surface area contributed by atoms with Gasteiger partial charge in [-0.05, 0) is 32.6 Å². The maximum Gasteiger partial charge on any atom is 0.0799 e. The molecule has 0 saturated heterocycles. The molecule has 0 aliphatic heterocycles. The summed E-state index contributed by atoms with van der Waals surface area (Å²) >= 11 is 0. The van der Waals surface area contributed by atoms with Crippen LogP contribution in [0.5, 0.6) is 0 Å². The predicted octanol–water partition coefficient (Wildman–Crippen LogP) is 3.43. The van der Waals surface area contributed by atoms with Crippen LogP contribution in [0.2, 0.25) is 0 Å². The summed E-state index contributed by atoms with van der Waals surface area (Å²) in [6.45, 7) is 4.07. The van der Waals surface area contributed by atoms with Gasteiger partial charge < -0.3 is 10.2 Å². The molecule has 0 spiro atoms. The number of rotatable bonds is 10. The number of allylic oxidation sites excluding steroid dienone is 2. The molecule has 0 aromatic rings. The molecule has 2 atom stereocenters. The average molecular weight is 228 g/mol. The highest BCUT2D eigenvalue weighted by molar-refractivity contribution is 4.76. The third-order valence-electron chi connectivity index (χ3n) is 2.88. The quantitative estimate of drug-likeness (QED) is 0.444. The Morgan fingerprint density at radius 2 is 1.56 bits per heavy atom. The van der Waals surface area contributed by atoms with Gasteiger partial charge in [0.15, 0.2) is 0 Å². The van der Waals surface area contributed by atoms with Crippen LogP contribution >= 0.6 is 0 Å². The van der Waals surface area contributed by atoms with Crippen LogP contribution in [-0.2, 0) is 0 Å². The Balaban J connectivity index is 3.30. The van der Waals surface area contributed by atoms with Crippen molar-refractivity contribution in [2.75, 3.05) is 0 Å². The van der Waals surface area contributed by atoms with Gasteiger partial charge in [0.05, 0.1) is 12.2 Å². The van der Waals surface area contributed by atoms with Crippen molar-refractivity contribution in [3.05, 3.63) is 12.2 Å². The lowest BCUT2D eigenvalue weighted by Gasteiger charge is -2.16. The first-order chi connectivity index (χ1) is 7.72. The van der Waals surface area contributed by atoms with Gasteiger partial charge >= 0.3 is 0 Å². The number of hydrogen-bond donors (Lipinski definition) is 2. The molecule has 0 fully saturated rings. The molecule has 0 aromatic heterocycles. The number of aliphatic hydroxyl groups is 2. The lowest BCUT2D eigenvalue weighted by Crippen LogP contribution is -2.25. The standard InChI is InChI=1S/C14H28O2/c1-3-5-6-7-8-9-10-12-14(16)13(15)11-4-2/h3,5,13-16H,4,6-12H2,1-2H3/b5-3+. The first-order valence-corrected chi connectivity index (χ1v) is 6.69. The SMILES string of the molecule is C/C=C/CCCCCCC(O)C(O)CCC. The van der Waals surface area contributed by atoms with E-state index in [0.29, 0.717) is 6.42 Å². The van der Waals surface area contributed by atoms with E-state index in [9.17, 15) is 10.2 Å². The first-order valence-electron chi connectivity index (χ1n) is 6.69. The molecule has 2 heteroatoms. The van der Waals surface area contributed by atoms with E-state index in [1.165, 1.54) is 12.8 Å². The lowest BCUT2D eigenvalue weighted by atomic mass is 10.0. The van der Waals surface area contributed by atoms with Gasteiger partial charge in [-0.2, -0.15) is 0 Å². The van der Waals surface area contributed by atoms with Crippen LogP contribution in [0, 0.1) is 0 Å². The second-order valence-electron chi connectivity index (χ2n) is 4.48. The Kier molecular flexibility index (Phi) is 10.9. The maximum atomic E-state index is 9.63. The fourth-order valence-corrected chi connectivity index (χ4v) is 1.82. The van der Waals surface area contributed by atoms with E-state index in [-0.39, 0.29) is 0 Å². The van der Waals surface area contributed by atoms with Crippen molar-refractivity contribution < 1.29 is 10.2 Å². The highest BCUT2D eigenvalue weighted by atomic mass is 16.3.